The van der Waals surface area contributed by atoms with E-state index in [-0.39, 0.29) is 5.82 Å². The van der Waals surface area contributed by atoms with E-state index >= 15 is 0 Å². The zero-order valence-electron chi connectivity index (χ0n) is 11.9. The number of nitrogens with two attached hydrogens (primary N) is 1. The number of fused-ring (bicyclic) bond motifs is 1. The molecule has 0 radical (unpaired) electrons. The normalized spacial score (nSPS) is 11.0. The van der Waals surface area contributed by atoms with Crippen LogP contribution in [0, 0.1) is 19.7 Å². The summed E-state index contributed by atoms with van der Waals surface area (Å²) in [7, 11) is 0. The number of hydrogen-bond acceptors (Lipinski definition) is 4. The number of benzene rings is 2. The molecule has 2 aromatic carbocycles. The van der Waals surface area contributed by atoms with Crippen LogP contribution in [0.4, 0.5) is 15.2 Å². The van der Waals surface area contributed by atoms with E-state index in [0.29, 0.717) is 17.7 Å². The van der Waals surface area contributed by atoms with E-state index in [0.717, 1.165) is 26.6 Å². The molecule has 0 spiro atoms. The molecule has 0 bridgehead atoms. The average molecular weight is 301 g/mol. The fraction of sp³-hybridized carbons (Fsp3) is 0.188. The lowest BCUT2D eigenvalue weighted by Crippen LogP contribution is -2.01. The highest BCUT2D eigenvalue weighted by Gasteiger charge is 2.06. The van der Waals surface area contributed by atoms with E-state index < -0.39 is 0 Å². The van der Waals surface area contributed by atoms with Crippen LogP contribution in [0.2, 0.25) is 0 Å². The number of anilines is 2. The monoisotopic (exact) mass is 301 g/mol. The summed E-state index contributed by atoms with van der Waals surface area (Å²) in [5, 5.41) is 4.13. The SMILES string of the molecule is Cc1cc(CNc2nc3ccc(N)cc3s2)cc(C)c1F. The number of nitrogen functional groups attached to an aromatic ring is 1. The number of nitrogens with one attached hydrogen (secondary N) is 1. The third-order valence-corrected chi connectivity index (χ3v) is 4.33. The Balaban J connectivity index is 1.80. The number of hydrogen-bond donors (Lipinski definition) is 2. The lowest BCUT2D eigenvalue weighted by atomic mass is 10.1. The first-order valence-electron chi connectivity index (χ1n) is 6.68. The van der Waals surface area contributed by atoms with Crippen molar-refractivity contribution in [2.75, 3.05) is 11.1 Å². The van der Waals surface area contributed by atoms with Gasteiger partial charge in [-0.2, -0.15) is 0 Å². The van der Waals surface area contributed by atoms with E-state index in [1.165, 1.54) is 0 Å². The molecule has 0 amide bonds. The summed E-state index contributed by atoms with van der Waals surface area (Å²) >= 11 is 1.57. The molecule has 0 fully saturated rings. The van der Waals surface area contributed by atoms with Crippen LogP contribution in [0.3, 0.4) is 0 Å². The molecule has 3 nitrogen and oxygen atoms in total. The second-order valence-corrected chi connectivity index (χ2v) is 6.17. The molecule has 0 aliphatic rings. The van der Waals surface area contributed by atoms with E-state index in [1.54, 1.807) is 25.2 Å². The number of aromatic nitrogens is 1. The van der Waals surface area contributed by atoms with Crippen molar-refractivity contribution in [1.82, 2.24) is 4.98 Å². The molecule has 0 unspecified atom stereocenters. The number of aryl methyl sites for hydroxylation is 2. The van der Waals surface area contributed by atoms with Crippen molar-refractivity contribution in [3.63, 3.8) is 0 Å². The largest absolute Gasteiger partial charge is 0.399 e. The summed E-state index contributed by atoms with van der Waals surface area (Å²) in [6.45, 7) is 4.19. The molecular formula is C16H16FN3S. The smallest absolute Gasteiger partial charge is 0.184 e. The Morgan fingerprint density at radius 3 is 2.62 bits per heavy atom. The van der Waals surface area contributed by atoms with Crippen LogP contribution in [-0.2, 0) is 6.54 Å². The number of thiazole rings is 1. The Morgan fingerprint density at radius 2 is 1.90 bits per heavy atom. The zero-order chi connectivity index (χ0) is 15.0. The van der Waals surface area contributed by atoms with Gasteiger partial charge in [-0.3, -0.25) is 0 Å². The highest BCUT2D eigenvalue weighted by molar-refractivity contribution is 7.22. The molecule has 0 atom stereocenters. The van der Waals surface area contributed by atoms with Crippen molar-refractivity contribution in [1.29, 1.82) is 0 Å². The van der Waals surface area contributed by atoms with Crippen molar-refractivity contribution >= 4 is 32.4 Å². The molecule has 0 aliphatic heterocycles. The quantitative estimate of drug-likeness (QED) is 0.711. The first kappa shape index (κ1) is 13.8. The third-order valence-electron chi connectivity index (χ3n) is 3.35. The minimum atomic E-state index is -0.130. The van der Waals surface area contributed by atoms with Crippen LogP contribution in [0.1, 0.15) is 16.7 Å². The molecule has 0 aliphatic carbocycles. The third kappa shape index (κ3) is 2.83. The maximum Gasteiger partial charge on any atom is 0.184 e. The molecule has 1 aromatic heterocycles. The first-order chi connectivity index (χ1) is 10.0. The summed E-state index contributed by atoms with van der Waals surface area (Å²) in [4.78, 5) is 4.51. The van der Waals surface area contributed by atoms with Crippen molar-refractivity contribution in [3.8, 4) is 0 Å². The summed E-state index contributed by atoms with van der Waals surface area (Å²) in [6.07, 6.45) is 0. The highest BCUT2D eigenvalue weighted by atomic mass is 32.1. The van der Waals surface area contributed by atoms with Gasteiger partial charge >= 0.3 is 0 Å². The maximum atomic E-state index is 13.6. The highest BCUT2D eigenvalue weighted by Crippen LogP contribution is 2.28. The van der Waals surface area contributed by atoms with Crippen LogP contribution in [0.25, 0.3) is 10.2 Å². The van der Waals surface area contributed by atoms with Gasteiger partial charge in [0.05, 0.1) is 10.2 Å². The fourth-order valence-corrected chi connectivity index (χ4v) is 3.24. The molecule has 3 N–H and O–H groups in total. The van der Waals surface area contributed by atoms with E-state index in [2.05, 4.69) is 10.3 Å². The number of nitrogens with zero attached hydrogens (tertiary/aromatic N) is 1. The minimum absolute atomic E-state index is 0.130. The Hall–Kier alpha value is -2.14. The van der Waals surface area contributed by atoms with Gasteiger partial charge in [-0.1, -0.05) is 23.5 Å². The minimum Gasteiger partial charge on any atom is -0.399 e. The Morgan fingerprint density at radius 1 is 1.19 bits per heavy atom. The summed E-state index contributed by atoms with van der Waals surface area (Å²) in [6, 6.07) is 9.41. The van der Waals surface area contributed by atoms with E-state index in [1.807, 2.05) is 30.3 Å². The van der Waals surface area contributed by atoms with Gasteiger partial charge in [-0.05, 0) is 48.7 Å². The van der Waals surface area contributed by atoms with Gasteiger partial charge in [-0.25, -0.2) is 9.37 Å². The molecule has 3 aromatic rings. The van der Waals surface area contributed by atoms with Crippen LogP contribution >= 0.6 is 11.3 Å². The molecule has 1 heterocycles. The van der Waals surface area contributed by atoms with E-state index in [9.17, 15) is 4.39 Å². The summed E-state index contributed by atoms with van der Waals surface area (Å²) in [5.41, 5.74) is 9.83. The molecule has 21 heavy (non-hydrogen) atoms. The molecule has 0 saturated carbocycles. The lowest BCUT2D eigenvalue weighted by molar-refractivity contribution is 0.608. The topological polar surface area (TPSA) is 50.9 Å². The lowest BCUT2D eigenvalue weighted by Gasteiger charge is -2.07. The summed E-state index contributed by atoms with van der Waals surface area (Å²) in [5.74, 6) is -0.130. The van der Waals surface area contributed by atoms with Gasteiger partial charge in [-0.15, -0.1) is 0 Å². The van der Waals surface area contributed by atoms with Crippen molar-refractivity contribution < 1.29 is 4.39 Å². The Labute approximate surface area is 126 Å². The Kier molecular flexibility index (Phi) is 3.51. The molecule has 5 heteroatoms. The second-order valence-electron chi connectivity index (χ2n) is 5.14. The fourth-order valence-electron chi connectivity index (χ4n) is 2.33. The summed E-state index contributed by atoms with van der Waals surface area (Å²) < 4.78 is 14.7. The van der Waals surface area contributed by atoms with Crippen LogP contribution in [-0.4, -0.2) is 4.98 Å². The van der Waals surface area contributed by atoms with Crippen LogP contribution < -0.4 is 11.1 Å². The van der Waals surface area contributed by atoms with Gasteiger partial charge in [0.25, 0.3) is 0 Å². The van der Waals surface area contributed by atoms with Gasteiger partial charge in [0.1, 0.15) is 5.82 Å². The molecule has 0 saturated heterocycles. The van der Waals surface area contributed by atoms with Gasteiger partial charge < -0.3 is 11.1 Å². The predicted octanol–water partition coefficient (Wildman–Crippen LogP) is 4.25. The van der Waals surface area contributed by atoms with Gasteiger partial charge in [0.2, 0.25) is 0 Å². The van der Waals surface area contributed by atoms with Crippen molar-refractivity contribution in [2.45, 2.75) is 20.4 Å². The average Bonchev–Trinajstić information content (AvgIpc) is 2.84. The molecule has 3 rings (SSSR count). The first-order valence-corrected chi connectivity index (χ1v) is 7.50. The Bertz CT molecular complexity index is 787. The molecule has 108 valence electrons. The molecular weight excluding hydrogens is 285 g/mol. The number of halogens is 1. The second kappa shape index (κ2) is 5.33. The standard InChI is InChI=1S/C16H16FN3S/c1-9-5-11(6-10(2)15(9)17)8-19-16-20-13-4-3-12(18)7-14(13)21-16/h3-7H,8,18H2,1-2H3,(H,19,20). The van der Waals surface area contributed by atoms with Crippen LogP contribution in [0.5, 0.6) is 0 Å². The van der Waals surface area contributed by atoms with Gasteiger partial charge in [0, 0.05) is 12.2 Å². The maximum absolute atomic E-state index is 13.6. The van der Waals surface area contributed by atoms with Crippen molar-refractivity contribution in [2.24, 2.45) is 0 Å². The van der Waals surface area contributed by atoms with E-state index in [4.69, 9.17) is 5.73 Å². The number of rotatable bonds is 3. The predicted molar refractivity (Wildman–Crippen MR) is 87.2 cm³/mol. The van der Waals surface area contributed by atoms with Crippen molar-refractivity contribution in [3.05, 3.63) is 52.8 Å². The zero-order valence-corrected chi connectivity index (χ0v) is 12.7. The van der Waals surface area contributed by atoms with Gasteiger partial charge in [0.15, 0.2) is 5.13 Å². The van der Waals surface area contributed by atoms with Crippen LogP contribution in [0.15, 0.2) is 30.3 Å².